The number of carbonyl (C=O) groups is 3. The molecule has 0 fully saturated rings. The number of rotatable bonds is 7. The molecule has 2 N–H and O–H groups in total. The van der Waals surface area contributed by atoms with Gasteiger partial charge in [0.25, 0.3) is 11.8 Å². The average molecular weight is 664 g/mol. The number of terminal acetylenes is 1. The van der Waals surface area contributed by atoms with E-state index in [4.69, 9.17) is 46.0 Å². The largest absolute Gasteiger partial charge is 0.451 e. The van der Waals surface area contributed by atoms with E-state index in [0.29, 0.717) is 8.95 Å². The Bertz CT molecular complexity index is 1370. The number of esters is 1. The zero-order valence-corrected chi connectivity index (χ0v) is 22.8. The van der Waals surface area contributed by atoms with Crippen molar-refractivity contribution < 1.29 is 19.1 Å². The molecule has 3 aromatic rings. The molecule has 2 heterocycles. The number of aromatic nitrogens is 2. The number of hydrogen-bond donors (Lipinski definition) is 2. The van der Waals surface area contributed by atoms with Crippen molar-refractivity contribution in [2.75, 3.05) is 18.5 Å². The molecule has 2 aromatic heterocycles. The second kappa shape index (κ2) is 11.9. The number of ether oxygens (including phenoxy) is 1. The van der Waals surface area contributed by atoms with Crippen molar-refractivity contribution in [3.05, 3.63) is 71.9 Å². The van der Waals surface area contributed by atoms with Crippen molar-refractivity contribution in [3.63, 3.8) is 0 Å². The molecule has 0 bridgehead atoms. The van der Waals surface area contributed by atoms with E-state index < -0.39 is 24.3 Å². The van der Waals surface area contributed by atoms with Gasteiger partial charge in [0.1, 0.15) is 17.4 Å². The Hall–Kier alpha value is -2.55. The lowest BCUT2D eigenvalue weighted by Gasteiger charge is -2.15. The lowest BCUT2D eigenvalue weighted by molar-refractivity contribution is -0.140. The van der Waals surface area contributed by atoms with Crippen molar-refractivity contribution in [2.45, 2.75) is 0 Å². The zero-order valence-electron chi connectivity index (χ0n) is 17.4. The van der Waals surface area contributed by atoms with Crippen LogP contribution >= 0.6 is 66.7 Å². The summed E-state index contributed by atoms with van der Waals surface area (Å²) >= 11 is 25.4. The highest BCUT2D eigenvalue weighted by Gasteiger charge is 2.25. The van der Waals surface area contributed by atoms with E-state index in [2.05, 4.69) is 53.4 Å². The first-order valence-electron chi connectivity index (χ1n) is 9.49. The predicted octanol–water partition coefficient (Wildman–Crippen LogP) is 5.52. The van der Waals surface area contributed by atoms with Crippen LogP contribution in [-0.2, 0) is 9.53 Å². The number of pyridine rings is 1. The Morgan fingerprint density at radius 3 is 2.54 bits per heavy atom. The minimum atomic E-state index is -0.717. The van der Waals surface area contributed by atoms with Gasteiger partial charge in [0.15, 0.2) is 12.4 Å². The third kappa shape index (κ3) is 6.37. The van der Waals surface area contributed by atoms with Gasteiger partial charge >= 0.3 is 5.97 Å². The Morgan fingerprint density at radius 1 is 1.11 bits per heavy atom. The van der Waals surface area contributed by atoms with E-state index >= 15 is 0 Å². The Labute approximate surface area is 231 Å². The monoisotopic (exact) mass is 660 g/mol. The summed E-state index contributed by atoms with van der Waals surface area (Å²) < 4.78 is 6.94. The van der Waals surface area contributed by atoms with E-state index in [-0.39, 0.29) is 44.6 Å². The summed E-state index contributed by atoms with van der Waals surface area (Å²) in [7, 11) is 0. The summed E-state index contributed by atoms with van der Waals surface area (Å²) in [5.74, 6) is 0.313. The number of halogens is 5. The highest BCUT2D eigenvalue weighted by molar-refractivity contribution is 9.11. The van der Waals surface area contributed by atoms with E-state index in [1.807, 2.05) is 0 Å². The van der Waals surface area contributed by atoms with Crippen molar-refractivity contribution in [1.82, 2.24) is 14.9 Å². The number of hydrogen-bond acceptors (Lipinski definition) is 5. The fourth-order valence-corrected chi connectivity index (χ4v) is 4.79. The van der Waals surface area contributed by atoms with Gasteiger partial charge in [0, 0.05) is 15.1 Å². The van der Waals surface area contributed by atoms with Crippen LogP contribution in [0.5, 0.6) is 0 Å². The molecule has 3 rings (SSSR count). The Morgan fingerprint density at radius 2 is 1.86 bits per heavy atom. The van der Waals surface area contributed by atoms with Gasteiger partial charge in [-0.1, -0.05) is 56.7 Å². The van der Waals surface area contributed by atoms with Gasteiger partial charge in [-0.05, 0) is 46.3 Å². The zero-order chi connectivity index (χ0) is 25.7. The molecule has 0 saturated heterocycles. The van der Waals surface area contributed by atoms with Crippen LogP contribution < -0.4 is 10.6 Å². The van der Waals surface area contributed by atoms with E-state index in [1.54, 1.807) is 18.2 Å². The van der Waals surface area contributed by atoms with Crippen LogP contribution in [0.1, 0.15) is 20.8 Å². The van der Waals surface area contributed by atoms with Crippen LogP contribution in [0.4, 0.5) is 5.69 Å². The third-order valence-electron chi connectivity index (χ3n) is 4.33. The molecule has 1 aromatic carbocycles. The first-order chi connectivity index (χ1) is 16.6. The molecule has 35 heavy (non-hydrogen) atoms. The fraction of sp³-hybridized carbons (Fsp3) is 0.0909. The first kappa shape index (κ1) is 27.0. The fourth-order valence-electron chi connectivity index (χ4n) is 2.85. The standard InChI is InChI=1S/C22H13Br2Cl3N4O4/c1-2-6-35-17(32)10-29-21(33)12-7-11(23)8-13(24)18(12)30-22(34)16-9-15(26)19(27)31(16)20-14(25)4-3-5-28-20/h1,3-5,7-9H,6,10H2,(H,29,33)(H,30,34). The molecule has 180 valence electrons. The molecule has 0 atom stereocenters. The highest BCUT2D eigenvalue weighted by atomic mass is 79.9. The predicted molar refractivity (Wildman–Crippen MR) is 141 cm³/mol. The second-order valence-corrected chi connectivity index (χ2v) is 9.57. The maximum absolute atomic E-state index is 13.3. The third-order valence-corrected chi connectivity index (χ3v) is 6.46. The quantitative estimate of drug-likeness (QED) is 0.256. The lowest BCUT2D eigenvalue weighted by atomic mass is 10.1. The summed E-state index contributed by atoms with van der Waals surface area (Å²) in [6.07, 6.45) is 6.53. The van der Waals surface area contributed by atoms with Gasteiger partial charge in [0.05, 0.1) is 21.3 Å². The van der Waals surface area contributed by atoms with Gasteiger partial charge < -0.3 is 15.4 Å². The molecule has 0 radical (unpaired) electrons. The number of benzene rings is 1. The summed E-state index contributed by atoms with van der Waals surface area (Å²) in [6.45, 7) is -0.645. The number of nitrogens with one attached hydrogen (secondary N) is 2. The maximum Gasteiger partial charge on any atom is 0.326 e. The Balaban J connectivity index is 1.95. The number of nitrogens with zero attached hydrogens (tertiary/aromatic N) is 2. The SMILES string of the molecule is C#CCOC(=O)CNC(=O)c1cc(Br)cc(Br)c1NC(=O)c1cc(Cl)c(Cl)n1-c1ncccc1Cl. The van der Waals surface area contributed by atoms with Crippen LogP contribution in [0, 0.1) is 12.3 Å². The van der Waals surface area contributed by atoms with Crippen molar-refractivity contribution in [1.29, 1.82) is 0 Å². The van der Waals surface area contributed by atoms with Crippen LogP contribution in [0.25, 0.3) is 5.82 Å². The first-order valence-corrected chi connectivity index (χ1v) is 12.2. The van der Waals surface area contributed by atoms with Gasteiger partial charge in [-0.3, -0.25) is 19.0 Å². The molecule has 0 aliphatic rings. The summed E-state index contributed by atoms with van der Waals surface area (Å²) in [5, 5.41) is 5.45. The molecule has 2 amide bonds. The minimum absolute atomic E-state index is 0.0136. The van der Waals surface area contributed by atoms with E-state index in [0.717, 1.165) is 0 Å². The highest BCUT2D eigenvalue weighted by Crippen LogP contribution is 2.34. The van der Waals surface area contributed by atoms with Gasteiger partial charge in [-0.2, -0.15) is 0 Å². The molecule has 8 nitrogen and oxygen atoms in total. The topological polar surface area (TPSA) is 102 Å². The number of carbonyl (C=O) groups excluding carboxylic acids is 3. The second-order valence-electron chi connectivity index (χ2n) is 6.62. The van der Waals surface area contributed by atoms with Crippen molar-refractivity contribution in [3.8, 4) is 18.2 Å². The molecule has 0 aliphatic heterocycles. The van der Waals surface area contributed by atoms with Gasteiger partial charge in [0.2, 0.25) is 0 Å². The summed E-state index contributed by atoms with van der Waals surface area (Å²) in [6, 6.07) is 7.65. The lowest BCUT2D eigenvalue weighted by Crippen LogP contribution is -2.31. The van der Waals surface area contributed by atoms with Crippen molar-refractivity contribution in [2.24, 2.45) is 0 Å². The van der Waals surface area contributed by atoms with Crippen LogP contribution in [0.2, 0.25) is 15.2 Å². The van der Waals surface area contributed by atoms with Gasteiger partial charge in [-0.15, -0.1) is 6.42 Å². The van der Waals surface area contributed by atoms with Crippen LogP contribution in [-0.4, -0.2) is 40.5 Å². The molecular formula is C22H13Br2Cl3N4O4. The molecule has 13 heteroatoms. The van der Waals surface area contributed by atoms with Crippen molar-refractivity contribution >= 4 is 90.1 Å². The smallest absolute Gasteiger partial charge is 0.326 e. The van der Waals surface area contributed by atoms with E-state index in [1.165, 1.54) is 22.9 Å². The normalized spacial score (nSPS) is 10.4. The number of anilines is 1. The Kier molecular flexibility index (Phi) is 9.21. The molecule has 0 unspecified atom stereocenters. The molecule has 0 saturated carbocycles. The van der Waals surface area contributed by atoms with E-state index in [9.17, 15) is 14.4 Å². The number of amides is 2. The van der Waals surface area contributed by atoms with Crippen LogP contribution in [0.3, 0.4) is 0 Å². The van der Waals surface area contributed by atoms with Gasteiger partial charge in [-0.25, -0.2) is 4.98 Å². The summed E-state index contributed by atoms with van der Waals surface area (Å²) in [4.78, 5) is 42.0. The molecular weight excluding hydrogens is 650 g/mol. The average Bonchev–Trinajstić information content (AvgIpc) is 3.12. The maximum atomic E-state index is 13.3. The molecule has 0 aliphatic carbocycles. The minimum Gasteiger partial charge on any atom is -0.451 e. The van der Waals surface area contributed by atoms with Crippen LogP contribution in [0.15, 0.2) is 45.5 Å². The molecule has 0 spiro atoms. The summed E-state index contributed by atoms with van der Waals surface area (Å²) in [5.41, 5.74) is 0.190.